The molecule has 2 heterocycles. The molecule has 0 aliphatic heterocycles. The van der Waals surface area contributed by atoms with Crippen LogP contribution < -0.4 is 11.1 Å². The maximum atomic E-state index is 5.84. The molecule has 4 nitrogen and oxygen atoms in total. The number of hydrogen-bond acceptors (Lipinski definition) is 5. The number of nitrogens with two attached hydrogens (primary N) is 1. The van der Waals surface area contributed by atoms with Gasteiger partial charge < -0.3 is 11.1 Å². The predicted molar refractivity (Wildman–Crippen MR) is 76.8 cm³/mol. The molecule has 0 unspecified atom stereocenters. The summed E-state index contributed by atoms with van der Waals surface area (Å²) in [4.78, 5) is 11.0. The molecule has 96 valence electrons. The molecule has 5 heteroatoms. The molecule has 0 fully saturated rings. The highest BCUT2D eigenvalue weighted by molar-refractivity contribution is 7.12. The van der Waals surface area contributed by atoms with Gasteiger partial charge in [0, 0.05) is 15.3 Å². The van der Waals surface area contributed by atoms with Gasteiger partial charge >= 0.3 is 0 Å². The first-order valence-electron chi connectivity index (χ1n) is 6.15. The summed E-state index contributed by atoms with van der Waals surface area (Å²) in [7, 11) is 0. The lowest BCUT2D eigenvalue weighted by Gasteiger charge is -2.10. The third-order valence-electron chi connectivity index (χ3n) is 2.83. The Kier molecular flexibility index (Phi) is 4.15. The van der Waals surface area contributed by atoms with Crippen LogP contribution >= 0.6 is 11.3 Å². The number of aromatic nitrogens is 2. The number of anilines is 2. The van der Waals surface area contributed by atoms with Gasteiger partial charge in [-0.25, -0.2) is 9.97 Å². The highest BCUT2D eigenvalue weighted by Gasteiger charge is 2.07. The quantitative estimate of drug-likeness (QED) is 0.869. The zero-order chi connectivity index (χ0) is 13.0. The van der Waals surface area contributed by atoms with E-state index >= 15 is 0 Å². The first-order chi connectivity index (χ1) is 8.74. The second-order valence-electron chi connectivity index (χ2n) is 4.01. The van der Waals surface area contributed by atoms with E-state index in [9.17, 15) is 0 Å². The maximum absolute atomic E-state index is 5.84. The Hall–Kier alpha value is -1.62. The van der Waals surface area contributed by atoms with Crippen molar-refractivity contribution in [3.8, 4) is 0 Å². The van der Waals surface area contributed by atoms with Gasteiger partial charge in [-0.2, -0.15) is 0 Å². The van der Waals surface area contributed by atoms with E-state index in [-0.39, 0.29) is 0 Å². The van der Waals surface area contributed by atoms with Gasteiger partial charge in [-0.3, -0.25) is 0 Å². The summed E-state index contributed by atoms with van der Waals surface area (Å²) >= 11 is 1.83. The van der Waals surface area contributed by atoms with E-state index in [1.165, 1.54) is 16.1 Å². The van der Waals surface area contributed by atoms with Gasteiger partial charge in [-0.05, 0) is 25.0 Å². The fraction of sp³-hybridized carbons (Fsp3) is 0.385. The minimum atomic E-state index is 0.565. The summed E-state index contributed by atoms with van der Waals surface area (Å²) in [5.41, 5.74) is 6.83. The Labute approximate surface area is 111 Å². The summed E-state index contributed by atoms with van der Waals surface area (Å²) in [6, 6.07) is 4.34. The van der Waals surface area contributed by atoms with Gasteiger partial charge in [0.25, 0.3) is 0 Å². The van der Waals surface area contributed by atoms with Gasteiger partial charge in [0.1, 0.15) is 18.0 Å². The number of thiophene rings is 1. The molecule has 0 radical (unpaired) electrons. The van der Waals surface area contributed by atoms with Crippen LogP contribution in [0.15, 0.2) is 18.5 Å². The highest BCUT2D eigenvalue weighted by Crippen LogP contribution is 2.21. The Balaban J connectivity index is 2.08. The number of nitrogens with one attached hydrogen (secondary N) is 1. The minimum Gasteiger partial charge on any atom is -0.383 e. The van der Waals surface area contributed by atoms with Crippen molar-refractivity contribution in [1.82, 2.24) is 9.97 Å². The predicted octanol–water partition coefficient (Wildman–Crippen LogP) is 2.86. The number of aryl methyl sites for hydroxylation is 1. The van der Waals surface area contributed by atoms with Crippen LogP contribution in [-0.4, -0.2) is 9.97 Å². The van der Waals surface area contributed by atoms with Crippen LogP contribution in [0.3, 0.4) is 0 Å². The lowest BCUT2D eigenvalue weighted by molar-refractivity contribution is 1.03. The standard InChI is InChI=1S/C13H18N4S/c1-3-9-5-6-10(18-9)7-15-13-11(4-2)12(14)16-8-17-13/h5-6,8H,3-4,7H2,1-2H3,(H3,14,15,16,17). The summed E-state index contributed by atoms with van der Waals surface area (Å²) in [6.45, 7) is 5.01. The molecule has 0 spiro atoms. The normalized spacial score (nSPS) is 10.6. The van der Waals surface area contributed by atoms with Crippen molar-refractivity contribution in [1.29, 1.82) is 0 Å². The van der Waals surface area contributed by atoms with Crippen molar-refractivity contribution in [2.45, 2.75) is 33.2 Å². The van der Waals surface area contributed by atoms with E-state index in [1.807, 2.05) is 11.3 Å². The van der Waals surface area contributed by atoms with Crippen molar-refractivity contribution in [3.05, 3.63) is 33.8 Å². The third kappa shape index (κ3) is 2.79. The molecule has 0 aliphatic rings. The Bertz CT molecular complexity index is 521. The highest BCUT2D eigenvalue weighted by atomic mass is 32.1. The molecule has 2 rings (SSSR count). The minimum absolute atomic E-state index is 0.565. The molecular formula is C13H18N4S. The zero-order valence-electron chi connectivity index (χ0n) is 10.7. The topological polar surface area (TPSA) is 63.8 Å². The maximum Gasteiger partial charge on any atom is 0.134 e. The van der Waals surface area contributed by atoms with Crippen LogP contribution in [0.5, 0.6) is 0 Å². The molecule has 0 aromatic carbocycles. The Morgan fingerprint density at radius 2 is 1.94 bits per heavy atom. The molecule has 2 aromatic heterocycles. The average molecular weight is 262 g/mol. The molecule has 3 N–H and O–H groups in total. The van der Waals surface area contributed by atoms with E-state index in [4.69, 9.17) is 5.73 Å². The smallest absolute Gasteiger partial charge is 0.134 e. The molecular weight excluding hydrogens is 244 g/mol. The molecule has 0 saturated heterocycles. The van der Waals surface area contributed by atoms with Crippen LogP contribution in [0.1, 0.15) is 29.2 Å². The fourth-order valence-electron chi connectivity index (χ4n) is 1.81. The molecule has 18 heavy (non-hydrogen) atoms. The first kappa shape index (κ1) is 12.8. The molecule has 0 atom stereocenters. The monoisotopic (exact) mass is 262 g/mol. The van der Waals surface area contributed by atoms with E-state index in [2.05, 4.69) is 41.3 Å². The molecule has 2 aromatic rings. The van der Waals surface area contributed by atoms with Gasteiger partial charge in [0.05, 0.1) is 6.54 Å². The molecule has 0 saturated carbocycles. The fourth-order valence-corrected chi connectivity index (χ4v) is 2.70. The Morgan fingerprint density at radius 3 is 2.61 bits per heavy atom. The lowest BCUT2D eigenvalue weighted by Crippen LogP contribution is -2.07. The van der Waals surface area contributed by atoms with Crippen molar-refractivity contribution in [2.24, 2.45) is 0 Å². The summed E-state index contributed by atoms with van der Waals surface area (Å²) in [6.07, 6.45) is 3.42. The number of rotatable bonds is 5. The van der Waals surface area contributed by atoms with E-state index in [1.54, 1.807) is 0 Å². The number of nitrogen functional groups attached to an aromatic ring is 1. The Morgan fingerprint density at radius 1 is 1.17 bits per heavy atom. The van der Waals surface area contributed by atoms with Gasteiger partial charge in [0.2, 0.25) is 0 Å². The summed E-state index contributed by atoms with van der Waals surface area (Å²) in [5.74, 6) is 1.41. The van der Waals surface area contributed by atoms with Crippen LogP contribution in [0, 0.1) is 0 Å². The molecule has 0 bridgehead atoms. The van der Waals surface area contributed by atoms with Gasteiger partial charge in [-0.15, -0.1) is 11.3 Å². The van der Waals surface area contributed by atoms with Gasteiger partial charge in [0.15, 0.2) is 0 Å². The lowest BCUT2D eigenvalue weighted by atomic mass is 10.2. The van der Waals surface area contributed by atoms with E-state index < -0.39 is 0 Å². The van der Waals surface area contributed by atoms with Crippen molar-refractivity contribution in [3.63, 3.8) is 0 Å². The third-order valence-corrected chi connectivity index (χ3v) is 4.06. The molecule has 0 aliphatic carbocycles. The van der Waals surface area contributed by atoms with Crippen LogP contribution in [0.4, 0.5) is 11.6 Å². The SMILES string of the molecule is CCc1ccc(CNc2ncnc(N)c2CC)s1. The van der Waals surface area contributed by atoms with Gasteiger partial charge in [-0.1, -0.05) is 13.8 Å². The first-order valence-corrected chi connectivity index (χ1v) is 6.97. The van der Waals surface area contributed by atoms with E-state index in [0.717, 1.165) is 30.8 Å². The zero-order valence-corrected chi connectivity index (χ0v) is 11.5. The molecule has 0 amide bonds. The average Bonchev–Trinajstić information content (AvgIpc) is 2.84. The van der Waals surface area contributed by atoms with Crippen LogP contribution in [0.25, 0.3) is 0 Å². The van der Waals surface area contributed by atoms with Crippen LogP contribution in [-0.2, 0) is 19.4 Å². The van der Waals surface area contributed by atoms with Crippen molar-refractivity contribution >= 4 is 23.0 Å². The number of hydrogen-bond donors (Lipinski definition) is 2. The van der Waals surface area contributed by atoms with E-state index in [0.29, 0.717) is 5.82 Å². The van der Waals surface area contributed by atoms with Crippen LogP contribution in [0.2, 0.25) is 0 Å². The summed E-state index contributed by atoms with van der Waals surface area (Å²) < 4.78 is 0. The largest absolute Gasteiger partial charge is 0.383 e. The van der Waals surface area contributed by atoms with Crippen molar-refractivity contribution in [2.75, 3.05) is 11.1 Å². The second kappa shape index (κ2) is 5.82. The summed E-state index contributed by atoms with van der Waals surface area (Å²) in [5, 5.41) is 3.34. The number of nitrogens with zero attached hydrogens (tertiary/aromatic N) is 2. The second-order valence-corrected chi connectivity index (χ2v) is 5.27. The van der Waals surface area contributed by atoms with Crippen molar-refractivity contribution < 1.29 is 0 Å².